The van der Waals surface area contributed by atoms with Gasteiger partial charge >= 0.3 is 0 Å². The van der Waals surface area contributed by atoms with Gasteiger partial charge in [-0.05, 0) is 44.0 Å². The summed E-state index contributed by atoms with van der Waals surface area (Å²) < 4.78 is 7.90. The van der Waals surface area contributed by atoms with Gasteiger partial charge in [0, 0.05) is 23.3 Å². The molecule has 1 aromatic heterocycles. The van der Waals surface area contributed by atoms with Crippen molar-refractivity contribution in [1.29, 1.82) is 0 Å². The summed E-state index contributed by atoms with van der Waals surface area (Å²) >= 11 is 13.6. The molecule has 0 spiro atoms. The van der Waals surface area contributed by atoms with E-state index in [4.69, 9.17) is 27.9 Å². The molecule has 0 aliphatic rings. The highest BCUT2D eigenvalue weighted by Crippen LogP contribution is 2.32. The molecule has 3 aromatic rings. The Balaban J connectivity index is 1.66. The molecule has 164 valence electrons. The Bertz CT molecular complexity index is 1060. The summed E-state index contributed by atoms with van der Waals surface area (Å²) in [5.41, 5.74) is 1.94. The second-order valence-electron chi connectivity index (χ2n) is 6.77. The first kappa shape index (κ1) is 23.4. The number of rotatable bonds is 9. The quantitative estimate of drug-likeness (QED) is 0.379. The second-order valence-corrected chi connectivity index (χ2v) is 8.55. The minimum atomic E-state index is -0.400. The van der Waals surface area contributed by atoms with E-state index in [0.717, 1.165) is 17.7 Å². The first-order valence-electron chi connectivity index (χ1n) is 9.98. The monoisotopic (exact) mass is 478 g/mol. The Kier molecular flexibility index (Phi) is 8.23. The fraction of sp³-hybridized carbons (Fsp3) is 0.318. The van der Waals surface area contributed by atoms with E-state index in [1.54, 1.807) is 18.2 Å². The number of aryl methyl sites for hydroxylation is 1. The molecule has 0 saturated carbocycles. The van der Waals surface area contributed by atoms with E-state index in [-0.39, 0.29) is 11.7 Å². The number of thioether (sulfide) groups is 1. The fourth-order valence-electron chi connectivity index (χ4n) is 3.08. The van der Waals surface area contributed by atoms with Crippen LogP contribution in [0.4, 0.5) is 5.69 Å². The molecular formula is C22H24Cl2N4O2S. The van der Waals surface area contributed by atoms with E-state index in [1.807, 2.05) is 42.7 Å². The zero-order valence-corrected chi connectivity index (χ0v) is 19.9. The fourth-order valence-corrected chi connectivity index (χ4v) is 4.22. The first-order chi connectivity index (χ1) is 14.9. The summed E-state index contributed by atoms with van der Waals surface area (Å²) in [4.78, 5) is 12.5. The zero-order chi connectivity index (χ0) is 22.4. The van der Waals surface area contributed by atoms with E-state index < -0.39 is 6.10 Å². The summed E-state index contributed by atoms with van der Waals surface area (Å²) in [6, 6.07) is 12.9. The van der Waals surface area contributed by atoms with Gasteiger partial charge in [0.15, 0.2) is 17.1 Å². The Morgan fingerprint density at radius 1 is 1.19 bits per heavy atom. The lowest BCUT2D eigenvalue weighted by Gasteiger charge is -2.16. The van der Waals surface area contributed by atoms with Gasteiger partial charge in [-0.3, -0.25) is 4.79 Å². The Morgan fingerprint density at radius 2 is 1.97 bits per heavy atom. The highest BCUT2D eigenvalue weighted by atomic mass is 35.5. The van der Waals surface area contributed by atoms with Gasteiger partial charge in [-0.15, -0.1) is 10.2 Å². The van der Waals surface area contributed by atoms with Crippen LogP contribution in [0.1, 0.15) is 38.3 Å². The number of carbonyl (C=O) groups is 1. The van der Waals surface area contributed by atoms with Crippen molar-refractivity contribution in [3.8, 4) is 5.75 Å². The van der Waals surface area contributed by atoms with Gasteiger partial charge in [-0.2, -0.15) is 0 Å². The smallest absolute Gasteiger partial charge is 0.234 e. The molecular weight excluding hydrogens is 455 g/mol. The van der Waals surface area contributed by atoms with Gasteiger partial charge in [-0.25, -0.2) is 0 Å². The van der Waals surface area contributed by atoms with E-state index in [1.165, 1.54) is 11.8 Å². The molecule has 1 atom stereocenters. The Morgan fingerprint density at radius 3 is 2.71 bits per heavy atom. The average molecular weight is 479 g/mol. The van der Waals surface area contributed by atoms with Gasteiger partial charge in [0.1, 0.15) is 5.75 Å². The molecule has 6 nitrogen and oxygen atoms in total. The maximum atomic E-state index is 12.5. The number of aromatic nitrogens is 3. The molecule has 0 radical (unpaired) electrons. The van der Waals surface area contributed by atoms with Crippen molar-refractivity contribution in [2.75, 3.05) is 11.1 Å². The third kappa shape index (κ3) is 5.93. The molecule has 1 N–H and O–H groups in total. The minimum Gasteiger partial charge on any atom is -0.481 e. The topological polar surface area (TPSA) is 69.0 Å². The standard InChI is InChI=1S/C22H24Cl2N4O2S/c1-4-15-8-6-7-9-18(15)25-20(29)13-31-22-27-26-21(28(22)5-2)14(3)30-19-12-16(23)10-11-17(19)24/h6-12,14H,4-5,13H2,1-3H3,(H,25,29). The van der Waals surface area contributed by atoms with Crippen molar-refractivity contribution >= 4 is 46.6 Å². The predicted octanol–water partition coefficient (Wildman–Crippen LogP) is 6.04. The molecule has 2 aromatic carbocycles. The molecule has 0 saturated heterocycles. The number of carbonyl (C=O) groups excluding carboxylic acids is 1. The number of ether oxygens (including phenoxy) is 1. The summed E-state index contributed by atoms with van der Waals surface area (Å²) in [7, 11) is 0. The lowest BCUT2D eigenvalue weighted by molar-refractivity contribution is -0.113. The van der Waals surface area contributed by atoms with Gasteiger partial charge in [0.05, 0.1) is 10.8 Å². The zero-order valence-electron chi connectivity index (χ0n) is 17.6. The molecule has 0 bridgehead atoms. The highest BCUT2D eigenvalue weighted by Gasteiger charge is 2.20. The number of halogens is 2. The molecule has 1 unspecified atom stereocenters. The number of nitrogens with zero attached hydrogens (tertiary/aromatic N) is 3. The normalized spacial score (nSPS) is 11.9. The van der Waals surface area contributed by atoms with E-state index in [9.17, 15) is 4.79 Å². The average Bonchev–Trinajstić information content (AvgIpc) is 3.18. The van der Waals surface area contributed by atoms with Crippen LogP contribution in [0, 0.1) is 0 Å². The molecule has 0 aliphatic carbocycles. The van der Waals surface area contributed by atoms with Crippen LogP contribution < -0.4 is 10.1 Å². The van der Waals surface area contributed by atoms with Gasteiger partial charge < -0.3 is 14.6 Å². The first-order valence-corrected chi connectivity index (χ1v) is 11.7. The van der Waals surface area contributed by atoms with Crippen molar-refractivity contribution < 1.29 is 9.53 Å². The maximum Gasteiger partial charge on any atom is 0.234 e. The van der Waals surface area contributed by atoms with E-state index in [2.05, 4.69) is 22.4 Å². The molecule has 9 heteroatoms. The van der Waals surface area contributed by atoms with E-state index >= 15 is 0 Å². The van der Waals surface area contributed by atoms with Gasteiger partial charge in [-0.1, -0.05) is 60.1 Å². The SMILES string of the molecule is CCc1ccccc1NC(=O)CSc1nnc(C(C)Oc2cc(Cl)ccc2Cl)n1CC. The van der Waals surface area contributed by atoms with Crippen molar-refractivity contribution in [1.82, 2.24) is 14.8 Å². The molecule has 31 heavy (non-hydrogen) atoms. The maximum absolute atomic E-state index is 12.5. The van der Waals surface area contributed by atoms with Crippen molar-refractivity contribution in [2.24, 2.45) is 0 Å². The van der Waals surface area contributed by atoms with Crippen LogP contribution in [0.3, 0.4) is 0 Å². The number of hydrogen-bond acceptors (Lipinski definition) is 5. The molecule has 0 aliphatic heterocycles. The van der Waals surface area contributed by atoms with Crippen LogP contribution in [-0.2, 0) is 17.8 Å². The van der Waals surface area contributed by atoms with Crippen LogP contribution >= 0.6 is 35.0 Å². The van der Waals surface area contributed by atoms with Crippen LogP contribution in [0.15, 0.2) is 47.6 Å². The van der Waals surface area contributed by atoms with E-state index in [0.29, 0.717) is 33.3 Å². The largest absolute Gasteiger partial charge is 0.481 e. The number of anilines is 1. The van der Waals surface area contributed by atoms with Crippen LogP contribution in [0.2, 0.25) is 10.0 Å². The molecule has 0 fully saturated rings. The van der Waals surface area contributed by atoms with Crippen molar-refractivity contribution in [3.63, 3.8) is 0 Å². The number of benzene rings is 2. The predicted molar refractivity (Wildman–Crippen MR) is 126 cm³/mol. The Hall–Kier alpha value is -2.22. The molecule has 1 heterocycles. The summed E-state index contributed by atoms with van der Waals surface area (Å²) in [5.74, 6) is 1.27. The van der Waals surface area contributed by atoms with Crippen molar-refractivity contribution in [3.05, 3.63) is 63.9 Å². The summed E-state index contributed by atoms with van der Waals surface area (Å²) in [6.45, 7) is 6.57. The Labute approximate surface area is 196 Å². The molecule has 3 rings (SSSR count). The van der Waals surface area contributed by atoms with Gasteiger partial charge in [0.2, 0.25) is 5.91 Å². The summed E-state index contributed by atoms with van der Waals surface area (Å²) in [5, 5.41) is 13.2. The highest BCUT2D eigenvalue weighted by molar-refractivity contribution is 7.99. The van der Waals surface area contributed by atoms with Crippen molar-refractivity contribution in [2.45, 2.75) is 45.0 Å². The lowest BCUT2D eigenvalue weighted by Crippen LogP contribution is -2.16. The minimum absolute atomic E-state index is 0.0897. The number of para-hydroxylation sites is 1. The summed E-state index contributed by atoms with van der Waals surface area (Å²) in [6.07, 6.45) is 0.453. The van der Waals surface area contributed by atoms with Crippen LogP contribution in [0.25, 0.3) is 0 Å². The third-order valence-electron chi connectivity index (χ3n) is 4.63. The number of hydrogen-bond donors (Lipinski definition) is 1. The number of amides is 1. The molecule has 1 amide bonds. The van der Waals surface area contributed by atoms with Gasteiger partial charge in [0.25, 0.3) is 0 Å². The third-order valence-corrected chi connectivity index (χ3v) is 6.14. The van der Waals surface area contributed by atoms with Crippen LogP contribution in [0.5, 0.6) is 5.75 Å². The lowest BCUT2D eigenvalue weighted by atomic mass is 10.1. The second kappa shape index (κ2) is 10.9. The van der Waals surface area contributed by atoms with Crippen LogP contribution in [-0.4, -0.2) is 26.4 Å². The number of nitrogens with one attached hydrogen (secondary N) is 1.